The molecule has 0 fully saturated rings. The molecule has 0 heteroatoms. The molecular weight excluding hydrogens is 132 g/mol. The fraction of sp³-hybridized carbons (Fsp3) is 0.455. The molecule has 0 bridgehead atoms. The van der Waals surface area contributed by atoms with Crippen LogP contribution in [0.5, 0.6) is 0 Å². The maximum absolute atomic E-state index is 2.30. The molecule has 0 unspecified atom stereocenters. The van der Waals surface area contributed by atoms with Gasteiger partial charge in [0.15, 0.2) is 0 Å². The lowest BCUT2D eigenvalue weighted by Gasteiger charge is -2.00. The Labute approximate surface area is 69.3 Å². The summed E-state index contributed by atoms with van der Waals surface area (Å²) in [4.78, 5) is 0. The molecule has 11 heavy (non-hydrogen) atoms. The molecule has 0 saturated heterocycles. The Morgan fingerprint density at radius 3 is 3.09 bits per heavy atom. The highest BCUT2D eigenvalue weighted by molar-refractivity contribution is 5.08. The molecular formula is C11H16. The van der Waals surface area contributed by atoms with E-state index in [-0.39, 0.29) is 0 Å². The topological polar surface area (TPSA) is 0 Å². The van der Waals surface area contributed by atoms with Crippen molar-refractivity contribution in [2.75, 3.05) is 0 Å². The molecule has 0 radical (unpaired) electrons. The Bertz CT molecular complexity index is 172. The predicted octanol–water partition coefficient (Wildman–Crippen LogP) is 3.48. The van der Waals surface area contributed by atoms with Crippen LogP contribution in [0.3, 0.4) is 0 Å². The van der Waals surface area contributed by atoms with Gasteiger partial charge in [-0.05, 0) is 25.2 Å². The minimum absolute atomic E-state index is 0.647. The number of rotatable bonds is 2. The fourth-order valence-electron chi connectivity index (χ4n) is 1.21. The predicted molar refractivity (Wildman–Crippen MR) is 50.4 cm³/mol. The van der Waals surface area contributed by atoms with Crippen molar-refractivity contribution in [3.05, 3.63) is 36.5 Å². The first kappa shape index (κ1) is 8.32. The summed E-state index contributed by atoms with van der Waals surface area (Å²) in [5.41, 5.74) is 0. The highest BCUT2D eigenvalue weighted by atomic mass is 14.0. The summed E-state index contributed by atoms with van der Waals surface area (Å²) in [6.45, 7) is 2.17. The minimum Gasteiger partial charge on any atom is -0.0882 e. The molecule has 0 aromatic rings. The Morgan fingerprint density at radius 2 is 2.27 bits per heavy atom. The molecule has 0 N–H and O–H groups in total. The molecule has 1 rings (SSSR count). The summed E-state index contributed by atoms with van der Waals surface area (Å²) in [5, 5.41) is 0. The second kappa shape index (κ2) is 4.95. The molecule has 60 valence electrons. The smallest absolute Gasteiger partial charge is 0.00189 e. The van der Waals surface area contributed by atoms with Crippen molar-refractivity contribution < 1.29 is 0 Å². The van der Waals surface area contributed by atoms with Gasteiger partial charge in [-0.2, -0.15) is 0 Å². The highest BCUT2D eigenvalue weighted by Gasteiger charge is 1.97. The lowest BCUT2D eigenvalue weighted by atomic mass is 10.1. The van der Waals surface area contributed by atoms with E-state index in [2.05, 4.69) is 43.4 Å². The minimum atomic E-state index is 0.647. The van der Waals surface area contributed by atoms with Gasteiger partial charge in [-0.25, -0.2) is 0 Å². The fourth-order valence-corrected chi connectivity index (χ4v) is 1.21. The average Bonchev–Trinajstić information content (AvgIpc) is 2.28. The third kappa shape index (κ3) is 3.22. The van der Waals surface area contributed by atoms with Crippen LogP contribution >= 0.6 is 0 Å². The van der Waals surface area contributed by atoms with E-state index in [1.807, 2.05) is 0 Å². The standard InChI is InChI=1S/C11H16/c1-2-3-8-11-9-6-4-5-7-10-11/h3-4,6-8,10-11H,2,5,9H2,1H3/b8-3-/t11-/m0/s1. The van der Waals surface area contributed by atoms with E-state index in [1.165, 1.54) is 6.42 Å². The zero-order valence-electron chi connectivity index (χ0n) is 7.16. The molecule has 0 aliphatic heterocycles. The molecule has 0 saturated carbocycles. The lowest BCUT2D eigenvalue weighted by Crippen LogP contribution is -1.86. The van der Waals surface area contributed by atoms with Crippen molar-refractivity contribution in [1.82, 2.24) is 0 Å². The van der Waals surface area contributed by atoms with Crippen LogP contribution in [0.15, 0.2) is 36.5 Å². The summed E-state index contributed by atoms with van der Waals surface area (Å²) in [6, 6.07) is 0. The Morgan fingerprint density at radius 1 is 1.36 bits per heavy atom. The van der Waals surface area contributed by atoms with Crippen molar-refractivity contribution in [3.63, 3.8) is 0 Å². The number of hydrogen-bond acceptors (Lipinski definition) is 0. The van der Waals surface area contributed by atoms with E-state index >= 15 is 0 Å². The van der Waals surface area contributed by atoms with Gasteiger partial charge >= 0.3 is 0 Å². The van der Waals surface area contributed by atoms with Crippen LogP contribution in [-0.2, 0) is 0 Å². The van der Waals surface area contributed by atoms with E-state index in [0.29, 0.717) is 5.92 Å². The van der Waals surface area contributed by atoms with Gasteiger partial charge in [0.2, 0.25) is 0 Å². The Kier molecular flexibility index (Phi) is 3.74. The van der Waals surface area contributed by atoms with Crippen molar-refractivity contribution in [2.45, 2.75) is 26.2 Å². The van der Waals surface area contributed by atoms with Gasteiger partial charge in [0.05, 0.1) is 0 Å². The van der Waals surface area contributed by atoms with Crippen LogP contribution in [0.2, 0.25) is 0 Å². The second-order valence-corrected chi connectivity index (χ2v) is 2.87. The third-order valence-electron chi connectivity index (χ3n) is 1.85. The van der Waals surface area contributed by atoms with Crippen LogP contribution in [0.4, 0.5) is 0 Å². The van der Waals surface area contributed by atoms with Gasteiger partial charge in [-0.15, -0.1) is 0 Å². The molecule has 0 spiro atoms. The maximum Gasteiger partial charge on any atom is -0.00189 e. The second-order valence-electron chi connectivity index (χ2n) is 2.87. The van der Waals surface area contributed by atoms with Gasteiger partial charge in [0, 0.05) is 0 Å². The van der Waals surface area contributed by atoms with Gasteiger partial charge in [0.1, 0.15) is 0 Å². The van der Waals surface area contributed by atoms with Gasteiger partial charge in [-0.1, -0.05) is 43.4 Å². The van der Waals surface area contributed by atoms with Gasteiger partial charge < -0.3 is 0 Å². The monoisotopic (exact) mass is 148 g/mol. The summed E-state index contributed by atoms with van der Waals surface area (Å²) in [5.74, 6) is 0.647. The quantitative estimate of drug-likeness (QED) is 0.526. The molecule has 0 heterocycles. The number of hydrogen-bond donors (Lipinski definition) is 0. The normalized spacial score (nSPS) is 24.3. The summed E-state index contributed by atoms with van der Waals surface area (Å²) in [7, 11) is 0. The van der Waals surface area contributed by atoms with Crippen LogP contribution in [0.1, 0.15) is 26.2 Å². The summed E-state index contributed by atoms with van der Waals surface area (Å²) < 4.78 is 0. The zero-order chi connectivity index (χ0) is 7.94. The molecule has 1 aliphatic rings. The summed E-state index contributed by atoms with van der Waals surface area (Å²) in [6.07, 6.45) is 17.0. The van der Waals surface area contributed by atoms with Crippen molar-refractivity contribution >= 4 is 0 Å². The maximum atomic E-state index is 2.30. The molecule has 0 amide bonds. The van der Waals surface area contributed by atoms with Gasteiger partial charge in [0.25, 0.3) is 0 Å². The number of allylic oxidation sites excluding steroid dienone is 6. The highest BCUT2D eigenvalue weighted by Crippen LogP contribution is 2.12. The van der Waals surface area contributed by atoms with Crippen LogP contribution < -0.4 is 0 Å². The van der Waals surface area contributed by atoms with E-state index in [0.717, 1.165) is 12.8 Å². The van der Waals surface area contributed by atoms with Crippen LogP contribution in [0.25, 0.3) is 0 Å². The zero-order valence-corrected chi connectivity index (χ0v) is 7.16. The molecule has 0 aromatic carbocycles. The van der Waals surface area contributed by atoms with Crippen molar-refractivity contribution in [1.29, 1.82) is 0 Å². The Balaban J connectivity index is 2.44. The SMILES string of the molecule is CC/C=C\[C@@H]1C=CCC=CC1. The third-order valence-corrected chi connectivity index (χ3v) is 1.85. The Hall–Kier alpha value is -0.780. The van der Waals surface area contributed by atoms with Crippen molar-refractivity contribution in [3.8, 4) is 0 Å². The van der Waals surface area contributed by atoms with Crippen LogP contribution in [-0.4, -0.2) is 0 Å². The first-order chi connectivity index (χ1) is 5.43. The van der Waals surface area contributed by atoms with E-state index < -0.39 is 0 Å². The molecule has 1 atom stereocenters. The van der Waals surface area contributed by atoms with Gasteiger partial charge in [-0.3, -0.25) is 0 Å². The molecule has 1 aliphatic carbocycles. The molecule has 0 aromatic heterocycles. The van der Waals surface area contributed by atoms with E-state index in [1.54, 1.807) is 0 Å². The largest absolute Gasteiger partial charge is 0.0882 e. The van der Waals surface area contributed by atoms with E-state index in [4.69, 9.17) is 0 Å². The van der Waals surface area contributed by atoms with E-state index in [9.17, 15) is 0 Å². The first-order valence-electron chi connectivity index (χ1n) is 4.42. The average molecular weight is 148 g/mol. The first-order valence-corrected chi connectivity index (χ1v) is 4.42. The van der Waals surface area contributed by atoms with Crippen LogP contribution in [0, 0.1) is 5.92 Å². The van der Waals surface area contributed by atoms with Crippen molar-refractivity contribution in [2.24, 2.45) is 5.92 Å². The summed E-state index contributed by atoms with van der Waals surface area (Å²) >= 11 is 0. The molecule has 0 nitrogen and oxygen atoms in total. The lowest BCUT2D eigenvalue weighted by molar-refractivity contribution is 0.830.